The van der Waals surface area contributed by atoms with Gasteiger partial charge in [-0.1, -0.05) is 11.3 Å². The van der Waals surface area contributed by atoms with Crippen molar-refractivity contribution in [2.24, 2.45) is 0 Å². The van der Waals surface area contributed by atoms with E-state index in [1.54, 1.807) is 17.7 Å². The van der Waals surface area contributed by atoms with E-state index in [0.29, 0.717) is 36.6 Å². The standard InChI is InChI=1S/C21H26F2N6O4S2/c1-12-9-28(10-13(33-12)11-32-3)17-7-14(35(30,31)27-21(2)4-5-21)6-16-15(8-24-29(16)17)19-25-26-20(34-19)18(22)23/h6-8,12-13,18,27H,4-5,9-11H2,1-3H3/t12-,13+/m0/s1. The first-order valence-electron chi connectivity index (χ1n) is 11.2. The number of morpholine rings is 1. The molecule has 0 amide bonds. The van der Waals surface area contributed by atoms with E-state index in [2.05, 4.69) is 20.0 Å². The number of hydrogen-bond donors (Lipinski definition) is 1. The van der Waals surface area contributed by atoms with Crippen molar-refractivity contribution >= 4 is 32.7 Å². The summed E-state index contributed by atoms with van der Waals surface area (Å²) in [6.45, 7) is 5.15. The fraction of sp³-hybridized carbons (Fsp3) is 0.571. The minimum Gasteiger partial charge on any atom is -0.382 e. The molecule has 1 N–H and O–H groups in total. The van der Waals surface area contributed by atoms with E-state index in [9.17, 15) is 17.2 Å². The van der Waals surface area contributed by atoms with Crippen molar-refractivity contribution < 1.29 is 26.7 Å². The Morgan fingerprint density at radius 3 is 2.74 bits per heavy atom. The minimum absolute atomic E-state index is 0.0657. The molecule has 2 atom stereocenters. The Labute approximate surface area is 205 Å². The van der Waals surface area contributed by atoms with Crippen molar-refractivity contribution in [1.82, 2.24) is 24.5 Å². The quantitative estimate of drug-likeness (QED) is 0.475. The lowest BCUT2D eigenvalue weighted by atomic mass is 10.2. The van der Waals surface area contributed by atoms with Crippen molar-refractivity contribution in [2.75, 3.05) is 31.7 Å². The Balaban J connectivity index is 1.64. The molecule has 35 heavy (non-hydrogen) atoms. The molecule has 4 heterocycles. The molecule has 10 nitrogen and oxygen atoms in total. The Morgan fingerprint density at radius 2 is 2.09 bits per heavy atom. The summed E-state index contributed by atoms with van der Waals surface area (Å²) in [7, 11) is -2.26. The lowest BCUT2D eigenvalue weighted by Gasteiger charge is -2.38. The number of pyridine rings is 1. The highest BCUT2D eigenvalue weighted by Gasteiger charge is 2.41. The van der Waals surface area contributed by atoms with Crippen molar-refractivity contribution in [3.8, 4) is 10.6 Å². The van der Waals surface area contributed by atoms with Gasteiger partial charge in [0.2, 0.25) is 10.0 Å². The smallest absolute Gasteiger partial charge is 0.291 e. The van der Waals surface area contributed by atoms with E-state index in [0.717, 1.165) is 24.2 Å². The summed E-state index contributed by atoms with van der Waals surface area (Å²) >= 11 is 0.755. The molecule has 0 radical (unpaired) electrons. The zero-order chi connectivity index (χ0) is 25.0. The molecule has 14 heteroatoms. The van der Waals surface area contributed by atoms with Gasteiger partial charge in [0.15, 0.2) is 10.0 Å². The summed E-state index contributed by atoms with van der Waals surface area (Å²) < 4.78 is 68.5. The lowest BCUT2D eigenvalue weighted by molar-refractivity contribution is -0.0513. The number of hydrogen-bond acceptors (Lipinski definition) is 9. The zero-order valence-electron chi connectivity index (χ0n) is 19.4. The molecule has 0 bridgehead atoms. The van der Waals surface area contributed by atoms with Crippen LogP contribution >= 0.6 is 11.3 Å². The van der Waals surface area contributed by atoms with Gasteiger partial charge in [0, 0.05) is 31.8 Å². The highest BCUT2D eigenvalue weighted by Crippen LogP contribution is 2.38. The third-order valence-electron chi connectivity index (χ3n) is 6.13. The number of rotatable bonds is 8. The van der Waals surface area contributed by atoms with Gasteiger partial charge in [-0.15, -0.1) is 10.2 Å². The SMILES string of the molecule is COC[C@H]1CN(c2cc(S(=O)(=O)NC3(C)CC3)cc3c(-c4nnc(C(F)F)s4)cnn23)C[C@H](C)O1. The molecule has 0 spiro atoms. The summed E-state index contributed by atoms with van der Waals surface area (Å²) in [5.41, 5.74) is 0.402. The average Bonchev–Trinajstić information content (AvgIpc) is 3.17. The number of nitrogens with zero attached hydrogens (tertiary/aromatic N) is 5. The van der Waals surface area contributed by atoms with Gasteiger partial charge in [0.25, 0.3) is 6.43 Å². The van der Waals surface area contributed by atoms with E-state index in [1.165, 1.54) is 12.3 Å². The molecule has 1 aliphatic carbocycles. The van der Waals surface area contributed by atoms with Gasteiger partial charge in [-0.05, 0) is 32.8 Å². The Kier molecular flexibility index (Phi) is 6.28. The largest absolute Gasteiger partial charge is 0.382 e. The molecule has 2 fully saturated rings. The molecule has 5 rings (SSSR count). The summed E-state index contributed by atoms with van der Waals surface area (Å²) in [5, 5.41) is 11.8. The molecule has 3 aromatic rings. The van der Waals surface area contributed by atoms with Gasteiger partial charge in [-0.25, -0.2) is 26.4 Å². The van der Waals surface area contributed by atoms with E-state index >= 15 is 0 Å². The second-order valence-corrected chi connectivity index (χ2v) is 11.9. The number of alkyl halides is 2. The van der Waals surface area contributed by atoms with Crippen molar-refractivity contribution in [2.45, 2.75) is 55.8 Å². The van der Waals surface area contributed by atoms with Crippen LogP contribution in [0.25, 0.3) is 16.1 Å². The maximum Gasteiger partial charge on any atom is 0.291 e. The first-order chi connectivity index (χ1) is 16.6. The molecule has 2 aliphatic rings. The number of aromatic nitrogens is 4. The van der Waals surface area contributed by atoms with Crippen molar-refractivity contribution in [1.29, 1.82) is 0 Å². The Morgan fingerprint density at radius 1 is 1.31 bits per heavy atom. The van der Waals surface area contributed by atoms with Crippen LogP contribution in [0, 0.1) is 0 Å². The van der Waals surface area contributed by atoms with Gasteiger partial charge in [-0.3, -0.25) is 0 Å². The summed E-state index contributed by atoms with van der Waals surface area (Å²) in [6, 6.07) is 3.09. The molecule has 1 aliphatic heterocycles. The van der Waals surface area contributed by atoms with E-state index in [4.69, 9.17) is 9.47 Å². The molecule has 190 valence electrons. The monoisotopic (exact) mass is 528 g/mol. The number of methoxy groups -OCH3 is 1. The van der Waals surface area contributed by atoms with Gasteiger partial charge < -0.3 is 14.4 Å². The van der Waals surface area contributed by atoms with Gasteiger partial charge in [0.1, 0.15) is 5.82 Å². The van der Waals surface area contributed by atoms with Crippen LogP contribution < -0.4 is 9.62 Å². The van der Waals surface area contributed by atoms with Crippen molar-refractivity contribution in [3.63, 3.8) is 0 Å². The molecule has 1 saturated heterocycles. The number of fused-ring (bicyclic) bond motifs is 1. The van der Waals surface area contributed by atoms with Crippen LogP contribution in [0.5, 0.6) is 0 Å². The van der Waals surface area contributed by atoms with Gasteiger partial charge >= 0.3 is 0 Å². The first-order valence-corrected chi connectivity index (χ1v) is 13.5. The third kappa shape index (κ3) is 4.89. The number of sulfonamides is 1. The average molecular weight is 529 g/mol. The highest BCUT2D eigenvalue weighted by molar-refractivity contribution is 7.89. The second-order valence-electron chi connectivity index (χ2n) is 9.25. The fourth-order valence-electron chi connectivity index (χ4n) is 4.20. The number of nitrogens with one attached hydrogen (secondary N) is 1. The van der Waals surface area contributed by atoms with Gasteiger partial charge in [-0.2, -0.15) is 5.10 Å². The molecule has 0 aromatic carbocycles. The molecular weight excluding hydrogens is 502 g/mol. The third-order valence-corrected chi connectivity index (χ3v) is 8.71. The zero-order valence-corrected chi connectivity index (χ0v) is 21.1. The number of halogens is 2. The van der Waals surface area contributed by atoms with Crippen LogP contribution in [-0.2, 0) is 19.5 Å². The normalized spacial score (nSPS) is 22.3. The molecule has 3 aromatic heterocycles. The topological polar surface area (TPSA) is 111 Å². The van der Waals surface area contributed by atoms with Crippen LogP contribution in [-0.4, -0.2) is 72.8 Å². The van der Waals surface area contributed by atoms with E-state index in [-0.39, 0.29) is 22.1 Å². The maximum atomic E-state index is 13.3. The second kappa shape index (κ2) is 9.00. The summed E-state index contributed by atoms with van der Waals surface area (Å²) in [5.74, 6) is 0.546. The highest BCUT2D eigenvalue weighted by atomic mass is 32.2. The first kappa shape index (κ1) is 24.4. The van der Waals surface area contributed by atoms with Crippen LogP contribution in [0.4, 0.5) is 14.6 Å². The van der Waals surface area contributed by atoms with E-state index in [1.807, 2.05) is 18.7 Å². The van der Waals surface area contributed by atoms with Crippen LogP contribution in [0.15, 0.2) is 23.2 Å². The number of anilines is 1. The minimum atomic E-state index is -3.86. The van der Waals surface area contributed by atoms with Crippen molar-refractivity contribution in [3.05, 3.63) is 23.3 Å². The Hall–Kier alpha value is -2.26. The summed E-state index contributed by atoms with van der Waals surface area (Å²) in [6.07, 6.45) is -0.0632. The number of ether oxygens (including phenoxy) is 2. The van der Waals surface area contributed by atoms with Crippen LogP contribution in [0.1, 0.15) is 38.1 Å². The molecule has 0 unspecified atom stereocenters. The Bertz CT molecular complexity index is 1340. The van der Waals surface area contributed by atoms with Crippen LogP contribution in [0.2, 0.25) is 0 Å². The fourth-order valence-corrected chi connectivity index (χ4v) is 6.42. The summed E-state index contributed by atoms with van der Waals surface area (Å²) in [4.78, 5) is 2.07. The van der Waals surface area contributed by atoms with Gasteiger partial charge in [0.05, 0.1) is 41.0 Å². The lowest BCUT2D eigenvalue weighted by Crippen LogP contribution is -2.49. The van der Waals surface area contributed by atoms with Crippen LogP contribution in [0.3, 0.4) is 0 Å². The van der Waals surface area contributed by atoms with E-state index < -0.39 is 27.0 Å². The molecular formula is C21H26F2N6O4S2. The predicted molar refractivity (Wildman–Crippen MR) is 125 cm³/mol. The predicted octanol–water partition coefficient (Wildman–Crippen LogP) is 2.86. The maximum absolute atomic E-state index is 13.3. The molecule has 1 saturated carbocycles.